The summed E-state index contributed by atoms with van der Waals surface area (Å²) in [5, 5.41) is 13.3. The number of nitrogens with zero attached hydrogens (tertiary/aromatic N) is 2. The minimum Gasteiger partial charge on any atom is -0.454 e. The van der Waals surface area contributed by atoms with Gasteiger partial charge in [0.1, 0.15) is 12.3 Å². The van der Waals surface area contributed by atoms with Gasteiger partial charge >= 0.3 is 11.9 Å². The molecular weight excluding hydrogens is 651 g/mol. The fourth-order valence-electron chi connectivity index (χ4n) is 3.84. The number of fused-ring (bicyclic) bond motifs is 1. The van der Waals surface area contributed by atoms with Crippen LogP contribution in [0.4, 0.5) is 29.3 Å². The molecule has 3 aromatic carbocycles. The number of hydrogen-bond donors (Lipinski definition) is 1. The molecule has 0 aromatic heterocycles. The van der Waals surface area contributed by atoms with Gasteiger partial charge in [-0.05, 0) is 75.7 Å². The van der Waals surface area contributed by atoms with Gasteiger partial charge in [-0.2, -0.15) is 13.2 Å². The van der Waals surface area contributed by atoms with Crippen LogP contribution in [0.1, 0.15) is 11.1 Å². The predicted molar refractivity (Wildman–Crippen MR) is 146 cm³/mol. The molecular formula is C26H15BrF3N3O8S. The quantitative estimate of drug-likeness (QED) is 0.169. The minimum atomic E-state index is -4.78. The van der Waals surface area contributed by atoms with Crippen LogP contribution in [0.15, 0.2) is 64.0 Å². The number of imide groups is 1. The Morgan fingerprint density at radius 3 is 2.55 bits per heavy atom. The summed E-state index contributed by atoms with van der Waals surface area (Å²) in [6, 6.07) is 11.0. The average molecular weight is 666 g/mol. The summed E-state index contributed by atoms with van der Waals surface area (Å²) in [5.41, 5.74) is -1.26. The number of amides is 3. The summed E-state index contributed by atoms with van der Waals surface area (Å²) >= 11 is 3.87. The number of benzene rings is 3. The van der Waals surface area contributed by atoms with Gasteiger partial charge in [0.25, 0.3) is 11.1 Å². The van der Waals surface area contributed by atoms with E-state index in [4.69, 9.17) is 14.2 Å². The van der Waals surface area contributed by atoms with Gasteiger partial charge in [-0.1, -0.05) is 6.07 Å². The van der Waals surface area contributed by atoms with Crippen molar-refractivity contribution in [2.75, 3.05) is 18.7 Å². The van der Waals surface area contributed by atoms with E-state index in [0.29, 0.717) is 46.6 Å². The monoisotopic (exact) mass is 665 g/mol. The van der Waals surface area contributed by atoms with Crippen molar-refractivity contribution in [3.8, 4) is 23.0 Å². The minimum absolute atomic E-state index is 0.0369. The SMILES string of the molecule is O=C(CN1C(=O)S/C(=C/c2ccc(Oc3ccc(C(F)(F)F)cc3[N+](=O)[O-])c(Br)c2)C1=O)Nc1ccc2c(c1)OCO2. The predicted octanol–water partition coefficient (Wildman–Crippen LogP) is 6.57. The van der Waals surface area contributed by atoms with Crippen LogP contribution >= 0.6 is 27.7 Å². The molecule has 16 heteroatoms. The molecule has 0 aliphatic carbocycles. The summed E-state index contributed by atoms with van der Waals surface area (Å²) in [6.45, 7) is -0.470. The van der Waals surface area contributed by atoms with Gasteiger partial charge in [-0.15, -0.1) is 0 Å². The molecule has 3 aromatic rings. The molecule has 2 aliphatic rings. The molecule has 216 valence electrons. The zero-order chi connectivity index (χ0) is 30.2. The zero-order valence-corrected chi connectivity index (χ0v) is 23.2. The van der Waals surface area contributed by atoms with Gasteiger partial charge in [0.2, 0.25) is 18.4 Å². The number of hydrogen-bond acceptors (Lipinski definition) is 9. The van der Waals surface area contributed by atoms with Crippen molar-refractivity contribution >= 4 is 62.2 Å². The number of thioether (sulfide) groups is 1. The second kappa shape index (κ2) is 11.4. The zero-order valence-electron chi connectivity index (χ0n) is 20.8. The van der Waals surface area contributed by atoms with Crippen LogP contribution in [-0.4, -0.2) is 40.2 Å². The largest absolute Gasteiger partial charge is 0.454 e. The van der Waals surface area contributed by atoms with E-state index in [1.165, 1.54) is 24.3 Å². The molecule has 0 bridgehead atoms. The van der Waals surface area contributed by atoms with E-state index in [1.54, 1.807) is 18.2 Å². The molecule has 1 N–H and O–H groups in total. The number of carbonyl (C=O) groups is 3. The first-order chi connectivity index (χ1) is 19.9. The number of rotatable bonds is 7. The Bertz CT molecular complexity index is 1680. The molecule has 11 nitrogen and oxygen atoms in total. The normalized spacial score (nSPS) is 15.3. The number of nitro groups is 1. The summed E-state index contributed by atoms with van der Waals surface area (Å²) in [5.74, 6) is -0.704. The summed E-state index contributed by atoms with van der Waals surface area (Å²) in [4.78, 5) is 49.0. The van der Waals surface area contributed by atoms with E-state index in [9.17, 15) is 37.7 Å². The van der Waals surface area contributed by atoms with Crippen LogP contribution in [0.2, 0.25) is 0 Å². The standard InChI is InChI=1S/C26H15BrF3N3O8S/c27-16-7-13(1-4-18(16)41-19-5-2-14(26(28,29)30)9-17(19)33(37)38)8-22-24(35)32(25(36)42-22)11-23(34)31-15-3-6-20-21(10-15)40-12-39-20/h1-10H,11-12H2,(H,31,34)/b22-8+. The van der Waals surface area contributed by atoms with Crippen LogP contribution in [0.5, 0.6) is 23.0 Å². The first-order valence-electron chi connectivity index (χ1n) is 11.7. The Balaban J connectivity index is 1.27. The van der Waals surface area contributed by atoms with Gasteiger partial charge < -0.3 is 19.5 Å². The third-order valence-electron chi connectivity index (χ3n) is 5.79. The van der Waals surface area contributed by atoms with Crippen molar-refractivity contribution in [1.29, 1.82) is 0 Å². The first kappa shape index (κ1) is 28.9. The van der Waals surface area contributed by atoms with Crippen molar-refractivity contribution in [2.24, 2.45) is 0 Å². The molecule has 3 amide bonds. The molecule has 42 heavy (non-hydrogen) atoms. The molecule has 0 spiro atoms. The van der Waals surface area contributed by atoms with Crippen molar-refractivity contribution in [2.45, 2.75) is 6.18 Å². The van der Waals surface area contributed by atoms with Crippen molar-refractivity contribution in [1.82, 2.24) is 4.90 Å². The van der Waals surface area contributed by atoms with Crippen LogP contribution in [-0.2, 0) is 15.8 Å². The fraction of sp³-hybridized carbons (Fsp3) is 0.115. The molecule has 0 radical (unpaired) electrons. The third kappa shape index (κ3) is 6.18. The maximum Gasteiger partial charge on any atom is 0.416 e. The Morgan fingerprint density at radius 1 is 1.10 bits per heavy atom. The molecule has 1 saturated heterocycles. The van der Waals surface area contributed by atoms with Gasteiger partial charge in [-0.25, -0.2) is 0 Å². The van der Waals surface area contributed by atoms with E-state index in [0.717, 1.165) is 11.0 Å². The summed E-state index contributed by atoms with van der Waals surface area (Å²) < 4.78 is 55.2. The highest BCUT2D eigenvalue weighted by atomic mass is 79.9. The number of nitro benzene ring substituents is 1. The van der Waals surface area contributed by atoms with Crippen molar-refractivity contribution in [3.63, 3.8) is 0 Å². The Hall–Kier alpha value is -4.57. The fourth-order valence-corrected chi connectivity index (χ4v) is 5.15. The second-order valence-corrected chi connectivity index (χ2v) is 10.5. The van der Waals surface area contributed by atoms with E-state index < -0.39 is 51.7 Å². The summed E-state index contributed by atoms with van der Waals surface area (Å²) in [7, 11) is 0. The molecule has 0 atom stereocenters. The van der Waals surface area contributed by atoms with Crippen molar-refractivity contribution in [3.05, 3.63) is 85.2 Å². The lowest BCUT2D eigenvalue weighted by molar-refractivity contribution is -0.385. The van der Waals surface area contributed by atoms with Gasteiger partial charge in [0.15, 0.2) is 11.5 Å². The Labute approximate surface area is 246 Å². The van der Waals surface area contributed by atoms with E-state index >= 15 is 0 Å². The third-order valence-corrected chi connectivity index (χ3v) is 7.32. The highest BCUT2D eigenvalue weighted by Gasteiger charge is 2.37. The maximum atomic E-state index is 13.0. The summed E-state index contributed by atoms with van der Waals surface area (Å²) in [6.07, 6.45) is -3.38. The molecule has 5 rings (SSSR count). The smallest absolute Gasteiger partial charge is 0.416 e. The lowest BCUT2D eigenvalue weighted by atomic mass is 10.1. The number of alkyl halides is 3. The number of halogens is 4. The molecule has 0 saturated carbocycles. The Morgan fingerprint density at radius 2 is 1.83 bits per heavy atom. The van der Waals surface area contributed by atoms with Crippen LogP contribution in [0.25, 0.3) is 6.08 Å². The molecule has 1 fully saturated rings. The Kier molecular flexibility index (Phi) is 7.83. The highest BCUT2D eigenvalue weighted by Crippen LogP contribution is 2.40. The number of ether oxygens (including phenoxy) is 3. The molecule has 2 aliphatic heterocycles. The van der Waals surface area contributed by atoms with Gasteiger partial charge in [0, 0.05) is 17.8 Å². The highest BCUT2D eigenvalue weighted by molar-refractivity contribution is 9.10. The van der Waals surface area contributed by atoms with Gasteiger partial charge in [-0.3, -0.25) is 29.4 Å². The van der Waals surface area contributed by atoms with E-state index in [2.05, 4.69) is 21.2 Å². The van der Waals surface area contributed by atoms with Gasteiger partial charge in [0.05, 0.1) is 19.9 Å². The van der Waals surface area contributed by atoms with E-state index in [-0.39, 0.29) is 21.9 Å². The average Bonchev–Trinajstić information content (AvgIpc) is 3.49. The van der Waals surface area contributed by atoms with Crippen LogP contribution in [0, 0.1) is 10.1 Å². The molecule has 0 unspecified atom stereocenters. The number of nitrogens with one attached hydrogen (secondary N) is 1. The maximum absolute atomic E-state index is 13.0. The number of carbonyl (C=O) groups excluding carboxylic acids is 3. The van der Waals surface area contributed by atoms with Crippen LogP contribution < -0.4 is 19.5 Å². The van der Waals surface area contributed by atoms with Crippen LogP contribution in [0.3, 0.4) is 0 Å². The second-order valence-electron chi connectivity index (χ2n) is 8.61. The lowest BCUT2D eigenvalue weighted by Gasteiger charge is -2.12. The van der Waals surface area contributed by atoms with E-state index in [1.807, 2.05) is 0 Å². The first-order valence-corrected chi connectivity index (χ1v) is 13.3. The lowest BCUT2D eigenvalue weighted by Crippen LogP contribution is -2.36. The topological polar surface area (TPSA) is 137 Å². The van der Waals surface area contributed by atoms with Crippen molar-refractivity contribution < 1.29 is 46.7 Å². The molecule has 2 heterocycles. The number of anilines is 1.